The first-order valence-corrected chi connectivity index (χ1v) is 7.70. The van der Waals surface area contributed by atoms with Gasteiger partial charge in [0.15, 0.2) is 0 Å². The zero-order valence-electron chi connectivity index (χ0n) is 14.3. The van der Waals surface area contributed by atoms with Gasteiger partial charge in [-0.25, -0.2) is 4.79 Å². The monoisotopic (exact) mass is 331 g/mol. The Morgan fingerprint density at radius 1 is 1.21 bits per heavy atom. The van der Waals surface area contributed by atoms with Crippen LogP contribution in [0.2, 0.25) is 0 Å². The summed E-state index contributed by atoms with van der Waals surface area (Å²) in [6.07, 6.45) is 0.0532. The fraction of sp³-hybridized carbons (Fsp3) is 0.389. The third kappa shape index (κ3) is 4.44. The maximum absolute atomic E-state index is 11.8. The van der Waals surface area contributed by atoms with Crippen molar-refractivity contribution < 1.29 is 18.7 Å². The molecular formula is C18H21NO5. The quantitative estimate of drug-likeness (QED) is 0.529. The summed E-state index contributed by atoms with van der Waals surface area (Å²) in [4.78, 5) is 35.0. The molecular weight excluding hydrogens is 310 g/mol. The molecule has 0 atom stereocenters. The molecule has 0 bridgehead atoms. The van der Waals surface area contributed by atoms with Crippen LogP contribution in [-0.4, -0.2) is 18.4 Å². The number of carbonyl (C=O) groups is 2. The van der Waals surface area contributed by atoms with Crippen molar-refractivity contribution in [3.63, 3.8) is 0 Å². The topological polar surface area (TPSA) is 85.6 Å². The average Bonchev–Trinajstić information content (AvgIpc) is 2.45. The fourth-order valence-corrected chi connectivity index (χ4v) is 2.09. The van der Waals surface area contributed by atoms with Crippen molar-refractivity contribution in [2.24, 2.45) is 5.41 Å². The third-order valence-corrected chi connectivity index (χ3v) is 3.45. The molecule has 1 heterocycles. The van der Waals surface area contributed by atoms with Crippen molar-refractivity contribution in [3.8, 4) is 5.75 Å². The van der Waals surface area contributed by atoms with E-state index in [4.69, 9.17) is 9.15 Å². The van der Waals surface area contributed by atoms with Crippen LogP contribution >= 0.6 is 0 Å². The SMILES string of the molecule is Cc1cc(=O)oc2cc(OC(=O)CCNC(=O)C(C)(C)C)ccc12. The van der Waals surface area contributed by atoms with E-state index in [0.29, 0.717) is 11.3 Å². The molecule has 0 spiro atoms. The maximum Gasteiger partial charge on any atom is 0.336 e. The number of hydrogen-bond acceptors (Lipinski definition) is 5. The first kappa shape index (κ1) is 17.7. The van der Waals surface area contributed by atoms with E-state index in [0.717, 1.165) is 10.9 Å². The second-order valence-corrected chi connectivity index (χ2v) is 6.64. The van der Waals surface area contributed by atoms with Crippen LogP contribution in [0, 0.1) is 12.3 Å². The number of carbonyl (C=O) groups excluding carboxylic acids is 2. The van der Waals surface area contributed by atoms with Crippen molar-refractivity contribution in [2.45, 2.75) is 34.1 Å². The lowest BCUT2D eigenvalue weighted by Crippen LogP contribution is -2.36. The van der Waals surface area contributed by atoms with E-state index in [1.807, 2.05) is 6.92 Å². The molecule has 128 valence electrons. The highest BCUT2D eigenvalue weighted by molar-refractivity contribution is 5.83. The number of ether oxygens (including phenoxy) is 1. The van der Waals surface area contributed by atoms with E-state index in [2.05, 4.69) is 5.32 Å². The Balaban J connectivity index is 1.98. The Hall–Kier alpha value is -2.63. The van der Waals surface area contributed by atoms with Gasteiger partial charge < -0.3 is 14.5 Å². The molecule has 0 radical (unpaired) electrons. The summed E-state index contributed by atoms with van der Waals surface area (Å²) in [6.45, 7) is 7.40. The minimum absolute atomic E-state index is 0.0532. The normalized spacial score (nSPS) is 11.3. The average molecular weight is 331 g/mol. The van der Waals surface area contributed by atoms with Crippen LogP contribution in [0.4, 0.5) is 0 Å². The second-order valence-electron chi connectivity index (χ2n) is 6.64. The molecule has 2 aromatic rings. The highest BCUT2D eigenvalue weighted by atomic mass is 16.5. The Bertz CT molecular complexity index is 829. The molecule has 0 fully saturated rings. The Kier molecular flexibility index (Phi) is 5.07. The smallest absolute Gasteiger partial charge is 0.336 e. The zero-order chi connectivity index (χ0) is 17.9. The lowest BCUT2D eigenvalue weighted by atomic mass is 9.96. The van der Waals surface area contributed by atoms with Gasteiger partial charge >= 0.3 is 11.6 Å². The molecule has 0 unspecified atom stereocenters. The van der Waals surface area contributed by atoms with E-state index in [1.165, 1.54) is 12.1 Å². The van der Waals surface area contributed by atoms with E-state index in [1.54, 1.807) is 32.9 Å². The first-order chi connectivity index (χ1) is 11.2. The van der Waals surface area contributed by atoms with Crippen LogP contribution in [0.25, 0.3) is 11.0 Å². The van der Waals surface area contributed by atoms with Gasteiger partial charge in [-0.1, -0.05) is 20.8 Å². The summed E-state index contributed by atoms with van der Waals surface area (Å²) in [5.74, 6) is -0.305. The Morgan fingerprint density at radius 2 is 1.92 bits per heavy atom. The van der Waals surface area contributed by atoms with E-state index < -0.39 is 17.0 Å². The van der Waals surface area contributed by atoms with Crippen molar-refractivity contribution in [1.29, 1.82) is 0 Å². The van der Waals surface area contributed by atoms with Crippen molar-refractivity contribution in [3.05, 3.63) is 40.2 Å². The summed E-state index contributed by atoms with van der Waals surface area (Å²) in [5, 5.41) is 3.47. The molecule has 1 aromatic carbocycles. The molecule has 0 aliphatic carbocycles. The fourth-order valence-electron chi connectivity index (χ4n) is 2.09. The van der Waals surface area contributed by atoms with Crippen molar-refractivity contribution in [1.82, 2.24) is 5.32 Å². The molecule has 2 rings (SSSR count). The predicted octanol–water partition coefficient (Wildman–Crippen LogP) is 2.56. The number of rotatable bonds is 4. The first-order valence-electron chi connectivity index (χ1n) is 7.70. The van der Waals surface area contributed by atoms with Gasteiger partial charge in [-0.15, -0.1) is 0 Å². The molecule has 1 aromatic heterocycles. The molecule has 6 heteroatoms. The number of benzene rings is 1. The molecule has 24 heavy (non-hydrogen) atoms. The van der Waals surface area contributed by atoms with Crippen LogP contribution < -0.4 is 15.7 Å². The molecule has 0 saturated heterocycles. The largest absolute Gasteiger partial charge is 0.426 e. The molecule has 6 nitrogen and oxygen atoms in total. The summed E-state index contributed by atoms with van der Waals surface area (Å²) in [5.41, 5.74) is 0.209. The minimum atomic E-state index is -0.502. The maximum atomic E-state index is 11.8. The van der Waals surface area contributed by atoms with Gasteiger partial charge in [0.2, 0.25) is 5.91 Å². The van der Waals surface area contributed by atoms with Gasteiger partial charge in [-0.05, 0) is 24.6 Å². The highest BCUT2D eigenvalue weighted by Gasteiger charge is 2.20. The van der Waals surface area contributed by atoms with E-state index in [-0.39, 0.29) is 18.9 Å². The molecule has 0 aliphatic rings. The number of fused-ring (bicyclic) bond motifs is 1. The van der Waals surface area contributed by atoms with Gasteiger partial charge in [-0.2, -0.15) is 0 Å². The van der Waals surface area contributed by atoms with Gasteiger partial charge in [-0.3, -0.25) is 9.59 Å². The third-order valence-electron chi connectivity index (χ3n) is 3.45. The summed E-state index contributed by atoms with van der Waals surface area (Å²) >= 11 is 0. The number of aryl methyl sites for hydroxylation is 1. The number of esters is 1. The van der Waals surface area contributed by atoms with Gasteiger partial charge in [0.1, 0.15) is 11.3 Å². The summed E-state index contributed by atoms with van der Waals surface area (Å²) in [7, 11) is 0. The molecule has 1 amide bonds. The van der Waals surface area contributed by atoms with E-state index in [9.17, 15) is 14.4 Å². The Labute approximate surface area is 139 Å². The summed E-state index contributed by atoms with van der Waals surface area (Å²) < 4.78 is 10.3. The van der Waals surface area contributed by atoms with Crippen LogP contribution in [0.5, 0.6) is 5.75 Å². The molecule has 0 aliphatic heterocycles. The van der Waals surface area contributed by atoms with Gasteiger partial charge in [0.25, 0.3) is 0 Å². The van der Waals surface area contributed by atoms with Crippen LogP contribution in [0.1, 0.15) is 32.8 Å². The van der Waals surface area contributed by atoms with Crippen LogP contribution in [0.15, 0.2) is 33.5 Å². The number of hydrogen-bond donors (Lipinski definition) is 1. The zero-order valence-corrected chi connectivity index (χ0v) is 14.3. The lowest BCUT2D eigenvalue weighted by Gasteiger charge is -2.17. The minimum Gasteiger partial charge on any atom is -0.426 e. The van der Waals surface area contributed by atoms with Crippen LogP contribution in [-0.2, 0) is 9.59 Å². The molecule has 0 saturated carbocycles. The van der Waals surface area contributed by atoms with Gasteiger partial charge in [0.05, 0.1) is 6.42 Å². The van der Waals surface area contributed by atoms with Gasteiger partial charge in [0, 0.05) is 29.5 Å². The highest BCUT2D eigenvalue weighted by Crippen LogP contribution is 2.22. The van der Waals surface area contributed by atoms with Crippen LogP contribution in [0.3, 0.4) is 0 Å². The molecule has 1 N–H and O–H groups in total. The van der Waals surface area contributed by atoms with E-state index >= 15 is 0 Å². The number of amides is 1. The van der Waals surface area contributed by atoms with Crippen molar-refractivity contribution >= 4 is 22.8 Å². The standard InChI is InChI=1S/C18H21NO5/c1-11-9-16(21)24-14-10-12(5-6-13(11)14)23-15(20)7-8-19-17(22)18(2,3)4/h5-6,9-10H,7-8H2,1-4H3,(H,19,22). The predicted molar refractivity (Wildman–Crippen MR) is 89.9 cm³/mol. The van der Waals surface area contributed by atoms with Crippen molar-refractivity contribution in [2.75, 3.05) is 6.54 Å². The summed E-state index contributed by atoms with van der Waals surface area (Å²) in [6, 6.07) is 6.29. The Morgan fingerprint density at radius 3 is 2.58 bits per heavy atom. The number of nitrogens with one attached hydrogen (secondary N) is 1. The second kappa shape index (κ2) is 6.86. The lowest BCUT2D eigenvalue weighted by molar-refractivity contribution is -0.134.